The van der Waals surface area contributed by atoms with Gasteiger partial charge in [-0.05, 0) is 30.3 Å². The molecule has 0 spiro atoms. The zero-order chi connectivity index (χ0) is 16.9. The van der Waals surface area contributed by atoms with Gasteiger partial charge in [-0.3, -0.25) is 0 Å². The number of hydrogen-bond donors (Lipinski definition) is 0. The molecule has 0 saturated heterocycles. The van der Waals surface area contributed by atoms with Gasteiger partial charge in [0.1, 0.15) is 23.9 Å². The van der Waals surface area contributed by atoms with Crippen molar-refractivity contribution in [3.63, 3.8) is 0 Å². The Balaban J connectivity index is 1.49. The molecule has 8 heteroatoms. The van der Waals surface area contributed by atoms with Crippen molar-refractivity contribution in [2.24, 2.45) is 0 Å². The van der Waals surface area contributed by atoms with Crippen LogP contribution in [0.1, 0.15) is 5.69 Å². The fraction of sp³-hybridized carbons (Fsp3) is 0.125. The van der Waals surface area contributed by atoms with E-state index in [0.29, 0.717) is 17.2 Å². The molecule has 2 aromatic heterocycles. The monoisotopic (exact) mass is 351 g/mol. The highest BCUT2D eigenvalue weighted by Gasteiger charge is 2.12. The molecule has 0 aliphatic heterocycles. The molecule has 24 heavy (non-hydrogen) atoms. The summed E-state index contributed by atoms with van der Waals surface area (Å²) < 4.78 is 33.3. The van der Waals surface area contributed by atoms with Crippen LogP contribution in [0.5, 0.6) is 5.75 Å². The van der Waals surface area contributed by atoms with Crippen LogP contribution in [-0.2, 0) is 16.1 Å². The lowest BCUT2D eigenvalue weighted by Gasteiger charge is -2.07. The Hall–Kier alpha value is -2.80. The molecule has 0 aliphatic rings. The highest BCUT2D eigenvalue weighted by Crippen LogP contribution is 2.25. The Labute approximate surface area is 140 Å². The predicted molar refractivity (Wildman–Crippen MR) is 80.9 cm³/mol. The highest BCUT2D eigenvalue weighted by molar-refractivity contribution is 6.32. The number of hydrogen-bond acceptors (Lipinski definition) is 6. The van der Waals surface area contributed by atoms with E-state index in [1.807, 2.05) is 0 Å². The highest BCUT2D eigenvalue weighted by atomic mass is 35.5. The van der Waals surface area contributed by atoms with Gasteiger partial charge in [-0.1, -0.05) is 16.8 Å². The number of carbonyl (C=O) groups is 1. The first-order valence-corrected chi connectivity index (χ1v) is 7.22. The molecule has 0 radical (unpaired) electrons. The van der Waals surface area contributed by atoms with Crippen molar-refractivity contribution < 1.29 is 27.6 Å². The third kappa shape index (κ3) is 3.94. The normalized spacial score (nSPS) is 10.6. The smallest absolute Gasteiger partial charge is 0.344 e. The van der Waals surface area contributed by atoms with Crippen LogP contribution in [0.2, 0.25) is 5.02 Å². The van der Waals surface area contributed by atoms with E-state index in [1.54, 1.807) is 18.2 Å². The minimum Gasteiger partial charge on any atom is -0.480 e. The number of nitrogens with zero attached hydrogens (tertiary/aromatic N) is 1. The fourth-order valence-electron chi connectivity index (χ4n) is 1.84. The van der Waals surface area contributed by atoms with Crippen LogP contribution in [0.4, 0.5) is 4.39 Å². The van der Waals surface area contributed by atoms with E-state index in [2.05, 4.69) is 5.16 Å². The Bertz CT molecular complexity index is 831. The van der Waals surface area contributed by atoms with Crippen molar-refractivity contribution in [1.82, 2.24) is 5.16 Å². The molecular formula is C16H11ClFNO5. The van der Waals surface area contributed by atoms with Crippen LogP contribution >= 0.6 is 11.6 Å². The van der Waals surface area contributed by atoms with Crippen molar-refractivity contribution in [1.29, 1.82) is 0 Å². The van der Waals surface area contributed by atoms with Crippen LogP contribution < -0.4 is 4.74 Å². The fourth-order valence-corrected chi connectivity index (χ4v) is 2.06. The van der Waals surface area contributed by atoms with E-state index < -0.39 is 11.8 Å². The van der Waals surface area contributed by atoms with Crippen LogP contribution in [0.15, 0.2) is 51.6 Å². The molecule has 124 valence electrons. The maximum atomic E-state index is 12.9. The Morgan fingerprint density at radius 2 is 2.12 bits per heavy atom. The van der Waals surface area contributed by atoms with Gasteiger partial charge in [0.05, 0.1) is 11.3 Å². The molecule has 3 rings (SSSR count). The van der Waals surface area contributed by atoms with Crippen molar-refractivity contribution in [3.8, 4) is 17.3 Å². The average Bonchev–Trinajstić information content (AvgIpc) is 3.23. The summed E-state index contributed by atoms with van der Waals surface area (Å²) in [5, 5.41) is 3.84. The van der Waals surface area contributed by atoms with E-state index >= 15 is 0 Å². The maximum Gasteiger partial charge on any atom is 0.344 e. The van der Waals surface area contributed by atoms with Crippen molar-refractivity contribution in [2.75, 3.05) is 6.61 Å². The molecule has 0 unspecified atom stereocenters. The zero-order valence-electron chi connectivity index (χ0n) is 12.2. The molecule has 0 fully saturated rings. The SMILES string of the molecule is O=C(COc1ccc(F)cc1Cl)OCc1cc(-c2ccco2)on1. The third-order valence-electron chi connectivity index (χ3n) is 2.94. The lowest BCUT2D eigenvalue weighted by Crippen LogP contribution is -2.15. The first-order chi connectivity index (χ1) is 11.6. The number of ether oxygens (including phenoxy) is 2. The number of esters is 1. The van der Waals surface area contributed by atoms with Crippen LogP contribution in [0.25, 0.3) is 11.5 Å². The standard InChI is InChI=1S/C16H11ClFNO5/c17-12-6-10(18)3-4-13(12)22-9-16(20)23-8-11-7-15(24-19-11)14-2-1-5-21-14/h1-7H,8-9H2. The summed E-state index contributed by atoms with van der Waals surface area (Å²) in [5.41, 5.74) is 0.426. The quantitative estimate of drug-likeness (QED) is 0.628. The van der Waals surface area contributed by atoms with Gasteiger partial charge in [0, 0.05) is 6.07 Å². The molecule has 3 aromatic rings. The summed E-state index contributed by atoms with van der Waals surface area (Å²) in [6.07, 6.45) is 1.51. The molecule has 0 saturated carbocycles. The van der Waals surface area contributed by atoms with Gasteiger partial charge >= 0.3 is 5.97 Å². The third-order valence-corrected chi connectivity index (χ3v) is 3.24. The van der Waals surface area contributed by atoms with Gasteiger partial charge in [0.25, 0.3) is 0 Å². The van der Waals surface area contributed by atoms with Gasteiger partial charge in [-0.15, -0.1) is 0 Å². The number of rotatable bonds is 6. The van der Waals surface area contributed by atoms with Crippen LogP contribution in [0, 0.1) is 5.82 Å². The summed E-state index contributed by atoms with van der Waals surface area (Å²) in [5.74, 6) is 0.0255. The summed E-state index contributed by atoms with van der Waals surface area (Å²) in [6, 6.07) is 8.64. The van der Waals surface area contributed by atoms with E-state index in [1.165, 1.54) is 18.4 Å². The summed E-state index contributed by atoms with van der Waals surface area (Å²) in [4.78, 5) is 11.7. The number of halogens is 2. The Morgan fingerprint density at radius 3 is 2.88 bits per heavy atom. The average molecular weight is 352 g/mol. The molecule has 1 aromatic carbocycles. The molecule has 0 atom stereocenters. The Kier molecular flexibility index (Phi) is 4.81. The topological polar surface area (TPSA) is 74.7 Å². The first kappa shape index (κ1) is 16.1. The van der Waals surface area contributed by atoms with Gasteiger partial charge in [0.15, 0.2) is 12.4 Å². The van der Waals surface area contributed by atoms with E-state index in [4.69, 9.17) is 30.0 Å². The lowest BCUT2D eigenvalue weighted by molar-refractivity contribution is -0.147. The van der Waals surface area contributed by atoms with Gasteiger partial charge in [0.2, 0.25) is 5.76 Å². The van der Waals surface area contributed by atoms with E-state index in [0.717, 1.165) is 6.07 Å². The van der Waals surface area contributed by atoms with Crippen LogP contribution in [-0.4, -0.2) is 17.7 Å². The summed E-state index contributed by atoms with van der Waals surface area (Å²) in [7, 11) is 0. The second-order valence-electron chi connectivity index (χ2n) is 4.68. The molecular weight excluding hydrogens is 341 g/mol. The minimum atomic E-state index is -0.627. The van der Waals surface area contributed by atoms with Gasteiger partial charge < -0.3 is 18.4 Å². The zero-order valence-corrected chi connectivity index (χ0v) is 13.0. The number of aromatic nitrogens is 1. The number of carbonyl (C=O) groups excluding carboxylic acids is 1. The van der Waals surface area contributed by atoms with Gasteiger partial charge in [-0.25, -0.2) is 9.18 Å². The summed E-state index contributed by atoms with van der Waals surface area (Å²) in [6.45, 7) is -0.447. The predicted octanol–water partition coefficient (Wildman–Crippen LogP) is 3.85. The number of furan rings is 1. The van der Waals surface area contributed by atoms with E-state index in [-0.39, 0.29) is 24.0 Å². The number of benzene rings is 1. The van der Waals surface area contributed by atoms with Crippen LogP contribution in [0.3, 0.4) is 0 Å². The van der Waals surface area contributed by atoms with Crippen molar-refractivity contribution >= 4 is 17.6 Å². The second kappa shape index (κ2) is 7.18. The van der Waals surface area contributed by atoms with E-state index in [9.17, 15) is 9.18 Å². The molecule has 0 amide bonds. The summed E-state index contributed by atoms with van der Waals surface area (Å²) >= 11 is 5.79. The molecule has 0 N–H and O–H groups in total. The Morgan fingerprint density at radius 1 is 1.25 bits per heavy atom. The molecule has 0 aliphatic carbocycles. The first-order valence-electron chi connectivity index (χ1n) is 6.85. The maximum absolute atomic E-state index is 12.9. The molecule has 2 heterocycles. The van der Waals surface area contributed by atoms with Crippen molar-refractivity contribution in [3.05, 3.63) is 59.2 Å². The van der Waals surface area contributed by atoms with Crippen molar-refractivity contribution in [2.45, 2.75) is 6.61 Å². The molecule has 6 nitrogen and oxygen atoms in total. The molecule has 0 bridgehead atoms. The van der Waals surface area contributed by atoms with Gasteiger partial charge in [-0.2, -0.15) is 0 Å². The lowest BCUT2D eigenvalue weighted by atomic mass is 10.3. The largest absolute Gasteiger partial charge is 0.480 e. The minimum absolute atomic E-state index is 0.0717. The second-order valence-corrected chi connectivity index (χ2v) is 5.09.